The Morgan fingerprint density at radius 1 is 1.39 bits per heavy atom. The van der Waals surface area contributed by atoms with Gasteiger partial charge in [-0.1, -0.05) is 0 Å². The molecule has 5 heteroatoms. The smallest absolute Gasteiger partial charge is 0.337 e. The van der Waals surface area contributed by atoms with Crippen LogP contribution in [0.1, 0.15) is 29.6 Å². The van der Waals surface area contributed by atoms with Gasteiger partial charge in [-0.25, -0.2) is 9.78 Å². The van der Waals surface area contributed by atoms with E-state index in [0.29, 0.717) is 5.92 Å². The maximum atomic E-state index is 10.7. The first-order chi connectivity index (χ1) is 8.70. The number of carboxylic acid groups (broad SMARTS) is 1. The SMILES string of the molecule is O=C(O)c1ccc(N2CCC(CCO)CC2)nc1. The van der Waals surface area contributed by atoms with Crippen molar-refractivity contribution in [1.82, 2.24) is 4.98 Å². The molecule has 1 saturated heterocycles. The van der Waals surface area contributed by atoms with E-state index in [1.165, 1.54) is 6.20 Å². The normalized spacial score (nSPS) is 16.8. The van der Waals surface area contributed by atoms with Gasteiger partial charge in [0.2, 0.25) is 0 Å². The van der Waals surface area contributed by atoms with Gasteiger partial charge in [-0.3, -0.25) is 0 Å². The summed E-state index contributed by atoms with van der Waals surface area (Å²) in [4.78, 5) is 17.1. The molecule has 2 heterocycles. The Morgan fingerprint density at radius 3 is 2.61 bits per heavy atom. The molecule has 0 bridgehead atoms. The van der Waals surface area contributed by atoms with E-state index in [2.05, 4.69) is 9.88 Å². The number of pyridine rings is 1. The van der Waals surface area contributed by atoms with Crippen molar-refractivity contribution in [2.45, 2.75) is 19.3 Å². The number of aromatic carboxylic acids is 1. The molecule has 1 fully saturated rings. The third-order valence-electron chi connectivity index (χ3n) is 3.47. The van der Waals surface area contributed by atoms with Crippen LogP contribution < -0.4 is 4.90 Å². The average molecular weight is 250 g/mol. The summed E-state index contributed by atoms with van der Waals surface area (Å²) < 4.78 is 0. The van der Waals surface area contributed by atoms with E-state index >= 15 is 0 Å². The molecule has 0 amide bonds. The lowest BCUT2D eigenvalue weighted by molar-refractivity contribution is 0.0696. The van der Waals surface area contributed by atoms with Crippen LogP contribution in [0.4, 0.5) is 5.82 Å². The summed E-state index contributed by atoms with van der Waals surface area (Å²) in [5.41, 5.74) is 0.217. The molecule has 2 N–H and O–H groups in total. The fourth-order valence-electron chi connectivity index (χ4n) is 2.33. The molecule has 0 radical (unpaired) electrons. The minimum Gasteiger partial charge on any atom is -0.478 e. The van der Waals surface area contributed by atoms with Gasteiger partial charge in [-0.15, -0.1) is 0 Å². The van der Waals surface area contributed by atoms with Crippen molar-refractivity contribution in [1.29, 1.82) is 0 Å². The highest BCUT2D eigenvalue weighted by Crippen LogP contribution is 2.23. The Balaban J connectivity index is 1.95. The van der Waals surface area contributed by atoms with E-state index in [1.807, 2.05) is 0 Å². The van der Waals surface area contributed by atoms with Gasteiger partial charge in [0.05, 0.1) is 5.56 Å². The minimum absolute atomic E-state index is 0.217. The first kappa shape index (κ1) is 12.8. The average Bonchev–Trinajstić information content (AvgIpc) is 2.40. The predicted molar refractivity (Wildman–Crippen MR) is 67.8 cm³/mol. The zero-order chi connectivity index (χ0) is 13.0. The second-order valence-corrected chi connectivity index (χ2v) is 4.65. The third-order valence-corrected chi connectivity index (χ3v) is 3.47. The first-order valence-electron chi connectivity index (χ1n) is 6.26. The highest BCUT2D eigenvalue weighted by Gasteiger charge is 2.19. The summed E-state index contributed by atoms with van der Waals surface area (Å²) in [5.74, 6) is 0.489. The topological polar surface area (TPSA) is 73.7 Å². The second-order valence-electron chi connectivity index (χ2n) is 4.65. The number of nitrogens with zero attached hydrogens (tertiary/aromatic N) is 2. The number of hydrogen-bond donors (Lipinski definition) is 2. The number of piperidine rings is 1. The lowest BCUT2D eigenvalue weighted by Gasteiger charge is -2.32. The number of anilines is 1. The largest absolute Gasteiger partial charge is 0.478 e. The predicted octanol–water partition coefficient (Wildman–Crippen LogP) is 1.38. The van der Waals surface area contributed by atoms with Gasteiger partial charge >= 0.3 is 5.97 Å². The number of aliphatic hydroxyl groups excluding tert-OH is 1. The van der Waals surface area contributed by atoms with Crippen LogP contribution in [-0.4, -0.2) is 40.9 Å². The Labute approximate surface area is 106 Å². The van der Waals surface area contributed by atoms with Crippen LogP contribution in [0.3, 0.4) is 0 Å². The van der Waals surface area contributed by atoms with Crippen molar-refractivity contribution in [3.63, 3.8) is 0 Å². The number of aromatic nitrogens is 1. The number of carboxylic acids is 1. The summed E-state index contributed by atoms with van der Waals surface area (Å²) in [6, 6.07) is 3.35. The lowest BCUT2D eigenvalue weighted by Crippen LogP contribution is -2.34. The van der Waals surface area contributed by atoms with Crippen LogP contribution in [0.5, 0.6) is 0 Å². The number of carbonyl (C=O) groups is 1. The molecule has 1 aliphatic rings. The van der Waals surface area contributed by atoms with E-state index in [4.69, 9.17) is 10.2 Å². The summed E-state index contributed by atoms with van der Waals surface area (Å²) in [6.07, 6.45) is 4.39. The minimum atomic E-state index is -0.948. The summed E-state index contributed by atoms with van der Waals surface area (Å²) in [5, 5.41) is 17.7. The van der Waals surface area contributed by atoms with Crippen LogP contribution in [0, 0.1) is 5.92 Å². The molecule has 1 aromatic rings. The number of rotatable bonds is 4. The van der Waals surface area contributed by atoms with E-state index in [1.54, 1.807) is 12.1 Å². The molecule has 18 heavy (non-hydrogen) atoms. The van der Waals surface area contributed by atoms with Crippen molar-refractivity contribution in [2.24, 2.45) is 5.92 Å². The van der Waals surface area contributed by atoms with Crippen molar-refractivity contribution < 1.29 is 15.0 Å². The van der Waals surface area contributed by atoms with Gasteiger partial charge in [0.1, 0.15) is 5.82 Å². The van der Waals surface area contributed by atoms with Crippen LogP contribution >= 0.6 is 0 Å². The fraction of sp³-hybridized carbons (Fsp3) is 0.538. The molecule has 0 aromatic carbocycles. The summed E-state index contributed by atoms with van der Waals surface area (Å²) >= 11 is 0. The van der Waals surface area contributed by atoms with Gasteiger partial charge < -0.3 is 15.1 Å². The number of hydrogen-bond acceptors (Lipinski definition) is 4. The molecule has 0 unspecified atom stereocenters. The van der Waals surface area contributed by atoms with Crippen molar-refractivity contribution in [3.05, 3.63) is 23.9 Å². The maximum Gasteiger partial charge on any atom is 0.337 e. The highest BCUT2D eigenvalue weighted by atomic mass is 16.4. The summed E-state index contributed by atoms with van der Waals surface area (Å²) in [7, 11) is 0. The van der Waals surface area contributed by atoms with Gasteiger partial charge in [-0.05, 0) is 37.3 Å². The van der Waals surface area contributed by atoms with E-state index in [9.17, 15) is 4.79 Å². The monoisotopic (exact) mass is 250 g/mol. The van der Waals surface area contributed by atoms with Crippen LogP contribution in [-0.2, 0) is 0 Å². The summed E-state index contributed by atoms with van der Waals surface area (Å²) in [6.45, 7) is 2.10. The van der Waals surface area contributed by atoms with Gasteiger partial charge in [0.25, 0.3) is 0 Å². The number of aliphatic hydroxyl groups is 1. The first-order valence-corrected chi connectivity index (χ1v) is 6.26. The van der Waals surface area contributed by atoms with Gasteiger partial charge in [0, 0.05) is 25.9 Å². The highest BCUT2D eigenvalue weighted by molar-refractivity contribution is 5.87. The van der Waals surface area contributed by atoms with Crippen LogP contribution in [0.15, 0.2) is 18.3 Å². The van der Waals surface area contributed by atoms with Crippen LogP contribution in [0.2, 0.25) is 0 Å². The lowest BCUT2D eigenvalue weighted by atomic mass is 9.94. The van der Waals surface area contributed by atoms with Gasteiger partial charge in [0.15, 0.2) is 0 Å². The Morgan fingerprint density at radius 2 is 2.11 bits per heavy atom. The molecule has 0 spiro atoms. The molecule has 0 aliphatic carbocycles. The Bertz CT molecular complexity index is 397. The van der Waals surface area contributed by atoms with Crippen molar-refractivity contribution >= 4 is 11.8 Å². The van der Waals surface area contributed by atoms with E-state index in [0.717, 1.165) is 38.2 Å². The molecule has 1 aromatic heterocycles. The van der Waals surface area contributed by atoms with E-state index < -0.39 is 5.97 Å². The quantitative estimate of drug-likeness (QED) is 0.844. The molecule has 1 aliphatic heterocycles. The maximum absolute atomic E-state index is 10.7. The van der Waals surface area contributed by atoms with Crippen molar-refractivity contribution in [2.75, 3.05) is 24.6 Å². The molecule has 0 atom stereocenters. The molecular formula is C13H18N2O3. The molecule has 0 saturated carbocycles. The standard InChI is InChI=1S/C13H18N2O3/c16-8-5-10-3-6-15(7-4-10)12-2-1-11(9-14-12)13(17)18/h1-2,9-10,16H,3-8H2,(H,17,18). The molecule has 5 nitrogen and oxygen atoms in total. The third kappa shape index (κ3) is 2.98. The second kappa shape index (κ2) is 5.82. The van der Waals surface area contributed by atoms with Crippen LogP contribution in [0.25, 0.3) is 0 Å². The van der Waals surface area contributed by atoms with Gasteiger partial charge in [-0.2, -0.15) is 0 Å². The fourth-order valence-corrected chi connectivity index (χ4v) is 2.33. The van der Waals surface area contributed by atoms with Crippen molar-refractivity contribution in [3.8, 4) is 0 Å². The molecule has 98 valence electrons. The molecule has 2 rings (SSSR count). The molecular weight excluding hydrogens is 232 g/mol. The zero-order valence-corrected chi connectivity index (χ0v) is 10.2. The Kier molecular flexibility index (Phi) is 4.15. The Hall–Kier alpha value is -1.62. The van der Waals surface area contributed by atoms with E-state index in [-0.39, 0.29) is 12.2 Å². The zero-order valence-electron chi connectivity index (χ0n) is 10.2.